The first-order chi connectivity index (χ1) is 29.4. The van der Waals surface area contributed by atoms with Crippen molar-refractivity contribution >= 4 is 62.5 Å². The molecule has 5 heterocycles. The molecule has 4 aromatic rings. The summed E-state index contributed by atoms with van der Waals surface area (Å²) in [6.45, 7) is 7.13. The van der Waals surface area contributed by atoms with Gasteiger partial charge in [-0.05, 0) is 119 Å². The van der Waals surface area contributed by atoms with E-state index in [1.807, 2.05) is 0 Å². The first kappa shape index (κ1) is 42.1. The van der Waals surface area contributed by atoms with E-state index in [1.54, 1.807) is 55.5 Å². The molecule has 2 aliphatic carbocycles. The monoisotopic (exact) mass is 871 g/mol. The SMILES string of the molecule is CC(C)(O)c1cc2nc([C@H]3CC[C@@H](CN4CC5(CC(CCNc6cccc7c6C(=O)N(C6CCC(=O)NC6=O)C7=O)C5)C4)CC3)sc2cc1NC(=O)c1cccc(C(F)(F)F)n1. The summed E-state index contributed by atoms with van der Waals surface area (Å²) in [6, 6.07) is 10.8. The number of hydrogen-bond acceptors (Lipinski definition) is 11. The van der Waals surface area contributed by atoms with Gasteiger partial charge in [-0.15, -0.1) is 11.3 Å². The van der Waals surface area contributed by atoms with Gasteiger partial charge in [0, 0.05) is 55.5 Å². The average molecular weight is 872 g/mol. The van der Waals surface area contributed by atoms with Gasteiger partial charge in [-0.1, -0.05) is 12.1 Å². The fourth-order valence-electron chi connectivity index (χ4n) is 10.4. The number of pyridine rings is 1. The number of halogens is 3. The van der Waals surface area contributed by atoms with E-state index < -0.39 is 53.0 Å². The number of carbonyl (C=O) groups is 5. The normalized spacial score (nSPS) is 23.0. The van der Waals surface area contributed by atoms with Crippen molar-refractivity contribution in [3.63, 3.8) is 0 Å². The average Bonchev–Trinajstić information content (AvgIpc) is 3.73. The van der Waals surface area contributed by atoms with Crippen molar-refractivity contribution in [1.29, 1.82) is 0 Å². The quantitative estimate of drug-likeness (QED) is 0.114. The molecule has 2 aromatic heterocycles. The number of aromatic nitrogens is 2. The number of rotatable bonds is 11. The number of thiazole rings is 1. The summed E-state index contributed by atoms with van der Waals surface area (Å²) in [5.74, 6) is -1.36. The van der Waals surface area contributed by atoms with Gasteiger partial charge >= 0.3 is 6.18 Å². The lowest BCUT2D eigenvalue weighted by atomic mass is 9.57. The van der Waals surface area contributed by atoms with Crippen LogP contribution in [0.4, 0.5) is 24.5 Å². The van der Waals surface area contributed by atoms with Gasteiger partial charge in [-0.25, -0.2) is 9.97 Å². The number of carbonyl (C=O) groups excluding carboxylic acids is 5. The standard InChI is InChI=1S/C45H48F3N7O6S/c1-43(2,61)28-17-32-34(18-31(28)51-38(57)30-7-4-8-35(50-30)45(46,47)48)62-40(52-32)26-11-9-24(10-12-26)21-54-22-44(23-54)19-25(20-44)15-16-49-29-6-3-5-27-37(29)42(60)55(41(27)59)33-13-14-36(56)53-39(33)58/h3-8,17-18,24-26,33,49,61H,9-16,19-23H2,1-2H3,(H,51,57)(H,53,56,58)/t24-,26+,33?. The van der Waals surface area contributed by atoms with Crippen molar-refractivity contribution in [3.05, 3.63) is 81.6 Å². The lowest BCUT2D eigenvalue weighted by Gasteiger charge is -2.60. The lowest BCUT2D eigenvalue weighted by molar-refractivity contribution is -0.141. The van der Waals surface area contributed by atoms with E-state index >= 15 is 0 Å². The summed E-state index contributed by atoms with van der Waals surface area (Å²) in [5.41, 5.74) is 0.0191. The van der Waals surface area contributed by atoms with E-state index in [2.05, 4.69) is 25.8 Å². The molecule has 17 heteroatoms. The molecule has 4 fully saturated rings. The maximum Gasteiger partial charge on any atom is 0.433 e. The Hall–Kier alpha value is -5.26. The number of imide groups is 2. The van der Waals surface area contributed by atoms with Crippen molar-refractivity contribution < 1.29 is 42.3 Å². The van der Waals surface area contributed by atoms with Gasteiger partial charge in [0.2, 0.25) is 11.8 Å². The molecule has 3 aliphatic heterocycles. The number of anilines is 2. The number of benzene rings is 2. The summed E-state index contributed by atoms with van der Waals surface area (Å²) >= 11 is 1.55. The molecular formula is C45H48F3N7O6S. The van der Waals surface area contributed by atoms with E-state index in [4.69, 9.17) is 4.98 Å². The van der Waals surface area contributed by atoms with Crippen LogP contribution < -0.4 is 16.0 Å². The van der Waals surface area contributed by atoms with Crippen LogP contribution in [0.15, 0.2) is 48.5 Å². The Labute approximate surface area is 359 Å². The zero-order chi connectivity index (χ0) is 43.7. The first-order valence-electron chi connectivity index (χ1n) is 21.3. The topological polar surface area (TPSA) is 174 Å². The van der Waals surface area contributed by atoms with Gasteiger partial charge in [0.15, 0.2) is 0 Å². The van der Waals surface area contributed by atoms with Crippen LogP contribution in [0.5, 0.6) is 0 Å². The van der Waals surface area contributed by atoms with Crippen LogP contribution >= 0.6 is 11.3 Å². The van der Waals surface area contributed by atoms with Crippen LogP contribution in [0.25, 0.3) is 10.2 Å². The zero-order valence-corrected chi connectivity index (χ0v) is 35.3. The number of piperidine rings is 1. The van der Waals surface area contributed by atoms with Gasteiger partial charge in [0.25, 0.3) is 17.7 Å². The third-order valence-electron chi connectivity index (χ3n) is 13.3. The Morgan fingerprint density at radius 2 is 1.68 bits per heavy atom. The number of alkyl halides is 3. The fourth-order valence-corrected chi connectivity index (χ4v) is 11.5. The number of aliphatic hydroxyl groups is 1. The smallest absolute Gasteiger partial charge is 0.386 e. The van der Waals surface area contributed by atoms with Crippen LogP contribution in [0, 0.1) is 17.3 Å². The largest absolute Gasteiger partial charge is 0.433 e. The van der Waals surface area contributed by atoms with Crippen LogP contribution in [0.3, 0.4) is 0 Å². The molecule has 4 N–H and O–H groups in total. The molecule has 1 atom stereocenters. The Balaban J connectivity index is 0.735. The maximum absolute atomic E-state index is 13.4. The van der Waals surface area contributed by atoms with Crippen LogP contribution in [0.1, 0.15) is 125 Å². The van der Waals surface area contributed by atoms with E-state index in [0.29, 0.717) is 52.2 Å². The van der Waals surface area contributed by atoms with Crippen molar-refractivity contribution in [2.24, 2.45) is 17.3 Å². The van der Waals surface area contributed by atoms with Crippen LogP contribution in [0.2, 0.25) is 0 Å². The lowest BCUT2D eigenvalue weighted by Crippen LogP contribution is -2.63. The van der Waals surface area contributed by atoms with Crippen molar-refractivity contribution in [2.45, 2.75) is 95.4 Å². The number of likely N-dealkylation sites (tertiary alicyclic amines) is 1. The van der Waals surface area contributed by atoms with Gasteiger partial charge in [0.1, 0.15) is 17.4 Å². The second-order valence-electron chi connectivity index (χ2n) is 18.4. The highest BCUT2D eigenvalue weighted by atomic mass is 32.1. The molecule has 5 aliphatic rings. The number of fused-ring (bicyclic) bond motifs is 2. The molecule has 9 rings (SSSR count). The van der Waals surface area contributed by atoms with Gasteiger partial charge in [-0.2, -0.15) is 13.2 Å². The summed E-state index contributed by atoms with van der Waals surface area (Å²) in [5, 5.41) is 20.3. The predicted molar refractivity (Wildman–Crippen MR) is 225 cm³/mol. The minimum absolute atomic E-state index is 0.0760. The van der Waals surface area contributed by atoms with Crippen molar-refractivity contribution in [2.75, 3.05) is 36.8 Å². The number of nitrogens with zero attached hydrogens (tertiary/aromatic N) is 4. The van der Waals surface area contributed by atoms with Crippen molar-refractivity contribution in [1.82, 2.24) is 25.1 Å². The van der Waals surface area contributed by atoms with E-state index in [9.17, 15) is 42.3 Å². The molecular weight excluding hydrogens is 824 g/mol. The van der Waals surface area contributed by atoms with Gasteiger partial charge < -0.3 is 20.6 Å². The summed E-state index contributed by atoms with van der Waals surface area (Å²) < 4.78 is 40.6. The highest BCUT2D eigenvalue weighted by Gasteiger charge is 2.52. The summed E-state index contributed by atoms with van der Waals surface area (Å²) in [6.07, 6.45) is 3.03. The highest BCUT2D eigenvalue weighted by molar-refractivity contribution is 7.18. The molecule has 2 saturated heterocycles. The molecule has 1 unspecified atom stereocenters. The maximum atomic E-state index is 13.4. The van der Waals surface area contributed by atoms with Gasteiger partial charge in [0.05, 0.1) is 32.0 Å². The Morgan fingerprint density at radius 3 is 2.39 bits per heavy atom. The second-order valence-corrected chi connectivity index (χ2v) is 19.5. The van der Waals surface area contributed by atoms with E-state index in [0.717, 1.165) is 78.5 Å². The molecule has 62 heavy (non-hydrogen) atoms. The minimum atomic E-state index is -4.69. The minimum Gasteiger partial charge on any atom is -0.386 e. The van der Waals surface area contributed by atoms with E-state index in [-0.39, 0.29) is 29.7 Å². The summed E-state index contributed by atoms with van der Waals surface area (Å²) in [4.78, 5) is 75.9. The van der Waals surface area contributed by atoms with Crippen molar-refractivity contribution in [3.8, 4) is 0 Å². The predicted octanol–water partition coefficient (Wildman–Crippen LogP) is 7.08. The molecule has 13 nitrogen and oxygen atoms in total. The molecule has 5 amide bonds. The van der Waals surface area contributed by atoms with E-state index in [1.165, 1.54) is 18.9 Å². The Bertz CT molecular complexity index is 2480. The number of amides is 5. The van der Waals surface area contributed by atoms with Gasteiger partial charge in [-0.3, -0.25) is 34.2 Å². The third-order valence-corrected chi connectivity index (χ3v) is 14.5. The number of nitrogens with one attached hydrogen (secondary N) is 3. The fraction of sp³-hybridized carbons (Fsp3) is 0.489. The Morgan fingerprint density at radius 1 is 0.935 bits per heavy atom. The second kappa shape index (κ2) is 15.8. The molecule has 0 bridgehead atoms. The Kier molecular flexibility index (Phi) is 10.7. The molecule has 2 saturated carbocycles. The van der Waals surface area contributed by atoms with Crippen LogP contribution in [-0.4, -0.2) is 86.6 Å². The highest BCUT2D eigenvalue weighted by Crippen LogP contribution is 2.53. The third kappa shape index (κ3) is 8.10. The zero-order valence-electron chi connectivity index (χ0n) is 34.4. The molecule has 0 radical (unpaired) electrons. The summed E-state index contributed by atoms with van der Waals surface area (Å²) in [7, 11) is 0. The molecule has 2 aromatic carbocycles. The van der Waals surface area contributed by atoms with Crippen LogP contribution in [-0.2, 0) is 21.4 Å². The number of hydrogen-bond donors (Lipinski definition) is 4. The molecule has 326 valence electrons. The first-order valence-corrected chi connectivity index (χ1v) is 22.1. The molecule has 1 spiro atoms.